The Labute approximate surface area is 89.2 Å². The van der Waals surface area contributed by atoms with E-state index in [-0.39, 0.29) is 0 Å². The molecule has 0 amide bonds. The Balaban J connectivity index is 3.36. The van der Waals surface area contributed by atoms with Gasteiger partial charge in [-0.3, -0.25) is 0 Å². The quantitative estimate of drug-likeness (QED) is 0.455. The lowest BCUT2D eigenvalue weighted by atomic mass is 10.0. The fraction of sp³-hybridized carbons (Fsp3) is 0.833. The molecule has 0 aromatic carbocycles. The number of nitrogens with zero attached hydrogens (tertiary/aromatic N) is 1. The Morgan fingerprint density at radius 1 is 1.36 bits per heavy atom. The van der Waals surface area contributed by atoms with Crippen LogP contribution in [0.2, 0.25) is 0 Å². The van der Waals surface area contributed by atoms with Gasteiger partial charge in [-0.05, 0) is 31.8 Å². The van der Waals surface area contributed by atoms with E-state index in [0.29, 0.717) is 5.92 Å². The lowest BCUT2D eigenvalue weighted by Gasteiger charge is -2.19. The van der Waals surface area contributed by atoms with Crippen molar-refractivity contribution in [1.29, 1.82) is 0 Å². The van der Waals surface area contributed by atoms with E-state index in [2.05, 4.69) is 25.3 Å². The van der Waals surface area contributed by atoms with Crippen molar-refractivity contribution in [2.24, 2.45) is 11.7 Å². The molecule has 0 saturated carbocycles. The molecule has 0 heterocycles. The summed E-state index contributed by atoms with van der Waals surface area (Å²) in [5.74, 6) is 0.666. The van der Waals surface area contributed by atoms with Gasteiger partial charge in [0.15, 0.2) is 0 Å². The van der Waals surface area contributed by atoms with Gasteiger partial charge < -0.3 is 10.6 Å². The Morgan fingerprint density at radius 3 is 2.57 bits per heavy atom. The van der Waals surface area contributed by atoms with Crippen LogP contribution in [0.15, 0.2) is 12.7 Å². The maximum atomic E-state index is 5.52. The largest absolute Gasteiger partial charge is 0.329 e. The minimum absolute atomic E-state index is 0.666. The average Bonchev–Trinajstić information content (AvgIpc) is 2.22. The lowest BCUT2D eigenvalue weighted by Crippen LogP contribution is -2.30. The molecule has 0 rings (SSSR count). The molecule has 0 aromatic rings. The van der Waals surface area contributed by atoms with Gasteiger partial charge >= 0.3 is 0 Å². The molecule has 0 bridgehead atoms. The van der Waals surface area contributed by atoms with Crippen LogP contribution in [0.5, 0.6) is 0 Å². The second-order valence-electron chi connectivity index (χ2n) is 3.93. The zero-order valence-corrected chi connectivity index (χ0v) is 9.84. The van der Waals surface area contributed by atoms with Crippen LogP contribution in [-0.4, -0.2) is 31.1 Å². The Hall–Kier alpha value is -0.340. The second-order valence-corrected chi connectivity index (χ2v) is 3.93. The first-order valence-corrected chi connectivity index (χ1v) is 5.79. The van der Waals surface area contributed by atoms with Crippen molar-refractivity contribution in [3.05, 3.63) is 12.7 Å². The molecular weight excluding hydrogens is 172 g/mol. The molecule has 0 aliphatic rings. The Morgan fingerprint density at radius 2 is 2.07 bits per heavy atom. The molecule has 0 saturated heterocycles. The molecule has 0 radical (unpaired) electrons. The third-order valence-corrected chi connectivity index (χ3v) is 2.68. The van der Waals surface area contributed by atoms with Crippen molar-refractivity contribution < 1.29 is 0 Å². The Kier molecular flexibility index (Phi) is 9.00. The van der Waals surface area contributed by atoms with Crippen LogP contribution in [0.4, 0.5) is 0 Å². The monoisotopic (exact) mass is 198 g/mol. The van der Waals surface area contributed by atoms with Gasteiger partial charge in [0.25, 0.3) is 0 Å². The number of nitrogens with two attached hydrogens (primary N) is 1. The van der Waals surface area contributed by atoms with E-state index in [0.717, 1.165) is 19.6 Å². The standard InChI is InChI=1S/C12H26N2/c1-4-12(3)8-6-7-10-14(5-2)11-9-13/h4,12H,1,5-11,13H2,2-3H3. The summed E-state index contributed by atoms with van der Waals surface area (Å²) in [4.78, 5) is 2.42. The highest BCUT2D eigenvalue weighted by Gasteiger charge is 2.01. The summed E-state index contributed by atoms with van der Waals surface area (Å²) in [5, 5.41) is 0. The maximum absolute atomic E-state index is 5.52. The van der Waals surface area contributed by atoms with Crippen molar-refractivity contribution in [2.75, 3.05) is 26.2 Å². The second kappa shape index (κ2) is 9.22. The van der Waals surface area contributed by atoms with Gasteiger partial charge in [-0.15, -0.1) is 6.58 Å². The highest BCUT2D eigenvalue weighted by molar-refractivity contribution is 4.74. The minimum atomic E-state index is 0.666. The van der Waals surface area contributed by atoms with Gasteiger partial charge in [0.2, 0.25) is 0 Å². The van der Waals surface area contributed by atoms with Gasteiger partial charge in [0, 0.05) is 13.1 Å². The topological polar surface area (TPSA) is 29.3 Å². The van der Waals surface area contributed by atoms with Crippen LogP contribution >= 0.6 is 0 Å². The first kappa shape index (κ1) is 13.7. The third-order valence-electron chi connectivity index (χ3n) is 2.68. The van der Waals surface area contributed by atoms with Crippen molar-refractivity contribution >= 4 is 0 Å². The molecule has 1 atom stereocenters. The molecule has 14 heavy (non-hydrogen) atoms. The summed E-state index contributed by atoms with van der Waals surface area (Å²) in [6, 6.07) is 0. The summed E-state index contributed by atoms with van der Waals surface area (Å²) in [7, 11) is 0. The molecular formula is C12H26N2. The van der Waals surface area contributed by atoms with Crippen LogP contribution < -0.4 is 5.73 Å². The van der Waals surface area contributed by atoms with E-state index in [9.17, 15) is 0 Å². The van der Waals surface area contributed by atoms with E-state index in [1.165, 1.54) is 25.8 Å². The first-order chi connectivity index (χ1) is 6.74. The van der Waals surface area contributed by atoms with Crippen molar-refractivity contribution in [3.8, 4) is 0 Å². The van der Waals surface area contributed by atoms with Gasteiger partial charge in [-0.2, -0.15) is 0 Å². The molecule has 0 aliphatic heterocycles. The molecule has 2 heteroatoms. The van der Waals surface area contributed by atoms with Crippen LogP contribution in [0.3, 0.4) is 0 Å². The molecule has 2 N–H and O–H groups in total. The third kappa shape index (κ3) is 7.10. The van der Waals surface area contributed by atoms with Gasteiger partial charge in [-0.25, -0.2) is 0 Å². The summed E-state index contributed by atoms with van der Waals surface area (Å²) >= 11 is 0. The SMILES string of the molecule is C=CC(C)CCCCN(CC)CCN. The molecule has 0 aliphatic carbocycles. The van der Waals surface area contributed by atoms with Crippen LogP contribution in [0.25, 0.3) is 0 Å². The highest BCUT2D eigenvalue weighted by Crippen LogP contribution is 2.08. The van der Waals surface area contributed by atoms with Crippen molar-refractivity contribution in [3.63, 3.8) is 0 Å². The fourth-order valence-corrected chi connectivity index (χ4v) is 1.53. The van der Waals surface area contributed by atoms with E-state index in [1.807, 2.05) is 6.08 Å². The number of rotatable bonds is 9. The van der Waals surface area contributed by atoms with Gasteiger partial charge in [0.1, 0.15) is 0 Å². The number of likely N-dealkylation sites (N-methyl/N-ethyl adjacent to an activating group) is 1. The van der Waals surface area contributed by atoms with E-state index in [1.54, 1.807) is 0 Å². The number of hydrogen-bond donors (Lipinski definition) is 1. The fourth-order valence-electron chi connectivity index (χ4n) is 1.53. The van der Waals surface area contributed by atoms with E-state index in [4.69, 9.17) is 5.73 Å². The lowest BCUT2D eigenvalue weighted by molar-refractivity contribution is 0.287. The molecule has 2 nitrogen and oxygen atoms in total. The van der Waals surface area contributed by atoms with Crippen molar-refractivity contribution in [2.45, 2.75) is 33.1 Å². The number of hydrogen-bond acceptors (Lipinski definition) is 2. The van der Waals surface area contributed by atoms with Gasteiger partial charge in [0.05, 0.1) is 0 Å². The molecule has 0 fully saturated rings. The molecule has 1 unspecified atom stereocenters. The summed E-state index contributed by atoms with van der Waals surface area (Å²) < 4.78 is 0. The predicted molar refractivity (Wildman–Crippen MR) is 64.4 cm³/mol. The minimum Gasteiger partial charge on any atom is -0.329 e. The summed E-state index contributed by atoms with van der Waals surface area (Å²) in [5.41, 5.74) is 5.52. The number of unbranched alkanes of at least 4 members (excludes halogenated alkanes) is 1. The zero-order chi connectivity index (χ0) is 10.8. The van der Waals surface area contributed by atoms with Crippen molar-refractivity contribution in [1.82, 2.24) is 4.90 Å². The normalized spacial score (nSPS) is 13.1. The van der Waals surface area contributed by atoms with E-state index >= 15 is 0 Å². The smallest absolute Gasteiger partial charge is 0.0104 e. The molecule has 0 spiro atoms. The Bertz CT molecular complexity index is 134. The maximum Gasteiger partial charge on any atom is 0.0104 e. The van der Waals surface area contributed by atoms with Crippen LogP contribution in [0, 0.1) is 5.92 Å². The average molecular weight is 198 g/mol. The van der Waals surface area contributed by atoms with Gasteiger partial charge in [-0.1, -0.05) is 26.3 Å². The first-order valence-electron chi connectivity index (χ1n) is 5.79. The summed E-state index contributed by atoms with van der Waals surface area (Å²) in [6.45, 7) is 12.3. The predicted octanol–water partition coefficient (Wildman–Crippen LogP) is 2.26. The number of allylic oxidation sites excluding steroid dienone is 1. The summed E-state index contributed by atoms with van der Waals surface area (Å²) in [6.07, 6.45) is 5.89. The van der Waals surface area contributed by atoms with E-state index < -0.39 is 0 Å². The van der Waals surface area contributed by atoms with Crippen LogP contribution in [0.1, 0.15) is 33.1 Å². The molecule has 84 valence electrons. The zero-order valence-electron chi connectivity index (χ0n) is 9.84. The highest BCUT2D eigenvalue weighted by atomic mass is 15.1. The molecule has 0 aromatic heterocycles. The van der Waals surface area contributed by atoms with Crippen LogP contribution in [-0.2, 0) is 0 Å².